The maximum absolute atomic E-state index is 12.2. The van der Waals surface area contributed by atoms with Gasteiger partial charge in [-0.05, 0) is 29.8 Å². The quantitative estimate of drug-likeness (QED) is 0.595. The lowest BCUT2D eigenvalue weighted by Gasteiger charge is -2.07. The van der Waals surface area contributed by atoms with E-state index >= 15 is 0 Å². The molecule has 0 saturated carbocycles. The van der Waals surface area contributed by atoms with Crippen LogP contribution < -0.4 is 10.3 Å². The van der Waals surface area contributed by atoms with E-state index in [1.165, 1.54) is 6.07 Å². The van der Waals surface area contributed by atoms with Crippen LogP contribution in [0.25, 0.3) is 10.9 Å². The number of fused-ring (bicyclic) bond motifs is 1. The molecule has 0 aliphatic carbocycles. The molecular formula is C17H12ClNO3. The zero-order valence-electron chi connectivity index (χ0n) is 11.5. The second kappa shape index (κ2) is 6.03. The number of esters is 1. The van der Waals surface area contributed by atoms with E-state index in [1.54, 1.807) is 42.5 Å². The molecule has 0 radical (unpaired) electrons. The number of carbonyl (C=O) groups is 1. The van der Waals surface area contributed by atoms with Gasteiger partial charge in [-0.15, -0.1) is 11.6 Å². The van der Waals surface area contributed by atoms with Crippen molar-refractivity contribution in [3.63, 3.8) is 0 Å². The summed E-state index contributed by atoms with van der Waals surface area (Å²) in [4.78, 5) is 26.5. The monoisotopic (exact) mass is 313 g/mol. The summed E-state index contributed by atoms with van der Waals surface area (Å²) in [6, 6.07) is 15.2. The zero-order chi connectivity index (χ0) is 15.5. The first-order valence-electron chi connectivity index (χ1n) is 6.66. The SMILES string of the molecule is O=C(Oc1cc(=O)[nH]c2ccccc12)c1ccc(CCl)cc1. The summed E-state index contributed by atoms with van der Waals surface area (Å²) in [6.07, 6.45) is 0. The highest BCUT2D eigenvalue weighted by Crippen LogP contribution is 2.22. The van der Waals surface area contributed by atoms with E-state index in [0.717, 1.165) is 5.56 Å². The Morgan fingerprint density at radius 2 is 1.82 bits per heavy atom. The molecule has 0 atom stereocenters. The van der Waals surface area contributed by atoms with Crippen LogP contribution in [-0.2, 0) is 5.88 Å². The van der Waals surface area contributed by atoms with Crippen molar-refractivity contribution >= 4 is 28.5 Å². The number of nitrogens with one attached hydrogen (secondary N) is 1. The van der Waals surface area contributed by atoms with Gasteiger partial charge in [0.15, 0.2) is 0 Å². The molecule has 0 saturated heterocycles. The van der Waals surface area contributed by atoms with E-state index in [9.17, 15) is 9.59 Å². The lowest BCUT2D eigenvalue weighted by molar-refractivity contribution is 0.0737. The predicted molar refractivity (Wildman–Crippen MR) is 85.5 cm³/mol. The molecule has 0 aliphatic heterocycles. The number of hydrogen-bond donors (Lipinski definition) is 1. The maximum Gasteiger partial charge on any atom is 0.343 e. The Labute approximate surface area is 131 Å². The molecule has 4 nitrogen and oxygen atoms in total. The zero-order valence-corrected chi connectivity index (χ0v) is 12.3. The third-order valence-electron chi connectivity index (χ3n) is 3.26. The average molecular weight is 314 g/mol. The predicted octanol–water partition coefficient (Wildman–Crippen LogP) is 3.49. The van der Waals surface area contributed by atoms with Crippen molar-refractivity contribution < 1.29 is 9.53 Å². The van der Waals surface area contributed by atoms with Crippen LogP contribution in [0.5, 0.6) is 5.75 Å². The van der Waals surface area contributed by atoms with Gasteiger partial charge in [0, 0.05) is 17.3 Å². The average Bonchev–Trinajstić information content (AvgIpc) is 2.54. The Kier molecular flexibility index (Phi) is 3.94. The molecule has 3 aromatic rings. The van der Waals surface area contributed by atoms with Crippen molar-refractivity contribution in [3.05, 3.63) is 76.1 Å². The van der Waals surface area contributed by atoms with Crippen molar-refractivity contribution in [2.45, 2.75) is 5.88 Å². The normalized spacial score (nSPS) is 10.6. The molecule has 0 bridgehead atoms. The standard InChI is InChI=1S/C17H12ClNO3/c18-10-11-5-7-12(8-6-11)17(21)22-15-9-16(20)19-14-4-2-1-3-13(14)15/h1-9H,10H2,(H,19,20). The molecule has 22 heavy (non-hydrogen) atoms. The number of rotatable bonds is 3. The van der Waals surface area contributed by atoms with E-state index in [2.05, 4.69) is 4.98 Å². The number of pyridine rings is 1. The van der Waals surface area contributed by atoms with E-state index in [4.69, 9.17) is 16.3 Å². The van der Waals surface area contributed by atoms with Crippen LogP contribution in [0.2, 0.25) is 0 Å². The van der Waals surface area contributed by atoms with Crippen molar-refractivity contribution in [1.29, 1.82) is 0 Å². The fraction of sp³-hybridized carbons (Fsp3) is 0.0588. The second-order valence-corrected chi connectivity index (χ2v) is 5.03. The highest BCUT2D eigenvalue weighted by molar-refractivity contribution is 6.17. The third kappa shape index (κ3) is 2.87. The van der Waals surface area contributed by atoms with Crippen molar-refractivity contribution in [3.8, 4) is 5.75 Å². The lowest BCUT2D eigenvalue weighted by atomic mass is 10.1. The molecule has 0 aliphatic rings. The number of para-hydroxylation sites is 1. The largest absolute Gasteiger partial charge is 0.422 e. The van der Waals surface area contributed by atoms with Gasteiger partial charge in [-0.1, -0.05) is 24.3 Å². The number of H-pyrrole nitrogens is 1. The third-order valence-corrected chi connectivity index (χ3v) is 3.57. The van der Waals surface area contributed by atoms with E-state index < -0.39 is 5.97 Å². The van der Waals surface area contributed by atoms with Gasteiger partial charge in [0.05, 0.1) is 11.1 Å². The minimum atomic E-state index is -0.517. The summed E-state index contributed by atoms with van der Waals surface area (Å²) in [6.45, 7) is 0. The van der Waals surface area contributed by atoms with E-state index in [0.29, 0.717) is 22.3 Å². The molecule has 0 fully saturated rings. The molecule has 1 N–H and O–H groups in total. The molecule has 2 aromatic carbocycles. The number of ether oxygens (including phenoxy) is 1. The van der Waals surface area contributed by atoms with Gasteiger partial charge in [-0.25, -0.2) is 4.79 Å². The number of benzene rings is 2. The van der Waals surface area contributed by atoms with Gasteiger partial charge >= 0.3 is 5.97 Å². The van der Waals surface area contributed by atoms with E-state index in [-0.39, 0.29) is 11.3 Å². The molecule has 1 heterocycles. The lowest BCUT2D eigenvalue weighted by Crippen LogP contribution is -2.12. The summed E-state index contributed by atoms with van der Waals surface area (Å²) in [5.74, 6) is 0.108. The van der Waals surface area contributed by atoms with Crippen LogP contribution in [0.15, 0.2) is 59.4 Å². The Hall–Kier alpha value is -2.59. The van der Waals surface area contributed by atoms with Gasteiger partial charge in [0.1, 0.15) is 5.75 Å². The number of aromatic nitrogens is 1. The second-order valence-electron chi connectivity index (χ2n) is 4.76. The van der Waals surface area contributed by atoms with Crippen molar-refractivity contribution in [2.75, 3.05) is 0 Å². The number of carbonyl (C=O) groups excluding carboxylic acids is 1. The van der Waals surface area contributed by atoms with Crippen LogP contribution in [0.3, 0.4) is 0 Å². The first kappa shape index (κ1) is 14.4. The fourth-order valence-electron chi connectivity index (χ4n) is 2.15. The smallest absolute Gasteiger partial charge is 0.343 e. The fourth-order valence-corrected chi connectivity index (χ4v) is 2.32. The number of hydrogen-bond acceptors (Lipinski definition) is 3. The van der Waals surface area contributed by atoms with Crippen LogP contribution in [0, 0.1) is 0 Å². The maximum atomic E-state index is 12.2. The molecule has 3 rings (SSSR count). The summed E-state index contributed by atoms with van der Waals surface area (Å²) < 4.78 is 5.38. The highest BCUT2D eigenvalue weighted by Gasteiger charge is 2.12. The molecule has 0 spiro atoms. The summed E-state index contributed by atoms with van der Waals surface area (Å²) >= 11 is 5.72. The molecule has 5 heteroatoms. The summed E-state index contributed by atoms with van der Waals surface area (Å²) in [7, 11) is 0. The van der Waals surface area contributed by atoms with Crippen molar-refractivity contribution in [1.82, 2.24) is 4.98 Å². The molecule has 0 amide bonds. The Balaban J connectivity index is 1.95. The van der Waals surface area contributed by atoms with Gasteiger partial charge in [-0.3, -0.25) is 4.79 Å². The Morgan fingerprint density at radius 3 is 2.55 bits per heavy atom. The van der Waals surface area contributed by atoms with Crippen LogP contribution >= 0.6 is 11.6 Å². The van der Waals surface area contributed by atoms with E-state index in [1.807, 2.05) is 6.07 Å². The summed E-state index contributed by atoms with van der Waals surface area (Å²) in [5.41, 5.74) is 1.62. The number of aromatic amines is 1. The molecule has 1 aromatic heterocycles. The van der Waals surface area contributed by atoms with Gasteiger partial charge in [0.25, 0.3) is 5.56 Å². The number of alkyl halides is 1. The van der Waals surface area contributed by atoms with Crippen LogP contribution in [-0.4, -0.2) is 11.0 Å². The minimum absolute atomic E-state index is 0.241. The molecule has 110 valence electrons. The molecule has 0 unspecified atom stereocenters. The van der Waals surface area contributed by atoms with Gasteiger partial charge in [0.2, 0.25) is 0 Å². The van der Waals surface area contributed by atoms with Gasteiger partial charge < -0.3 is 9.72 Å². The Morgan fingerprint density at radius 1 is 1.09 bits per heavy atom. The van der Waals surface area contributed by atoms with Crippen molar-refractivity contribution in [2.24, 2.45) is 0 Å². The Bertz CT molecular complexity index is 884. The number of halogens is 1. The summed E-state index contributed by atoms with van der Waals surface area (Å²) in [5, 5.41) is 0.674. The minimum Gasteiger partial charge on any atom is -0.422 e. The van der Waals surface area contributed by atoms with Crippen LogP contribution in [0.1, 0.15) is 15.9 Å². The van der Waals surface area contributed by atoms with Gasteiger partial charge in [-0.2, -0.15) is 0 Å². The van der Waals surface area contributed by atoms with Crippen LogP contribution in [0.4, 0.5) is 0 Å². The first-order valence-corrected chi connectivity index (χ1v) is 7.20. The first-order chi connectivity index (χ1) is 10.7. The topological polar surface area (TPSA) is 59.2 Å². The highest BCUT2D eigenvalue weighted by atomic mass is 35.5. The molecular weight excluding hydrogens is 302 g/mol.